The van der Waals surface area contributed by atoms with Crippen molar-refractivity contribution in [1.29, 1.82) is 0 Å². The number of aliphatic hydroxyl groups is 2. The van der Waals surface area contributed by atoms with Crippen LogP contribution in [0.4, 0.5) is 4.79 Å². The Bertz CT molecular complexity index is 564. The van der Waals surface area contributed by atoms with E-state index in [1.165, 1.54) is 10.4 Å². The van der Waals surface area contributed by atoms with Crippen LogP contribution in [0.15, 0.2) is 9.98 Å². The average molecular weight is 315 g/mol. The molecule has 1 amide bonds. The molecule has 12 heteroatoms. The lowest BCUT2D eigenvalue weighted by Gasteiger charge is -2.48. The summed E-state index contributed by atoms with van der Waals surface area (Å²) in [6.07, 6.45) is -1.06. The molecule has 9 N–H and O–H groups in total. The molecule has 22 heavy (non-hydrogen) atoms. The minimum atomic E-state index is -2.15. The van der Waals surface area contributed by atoms with Gasteiger partial charge in [0.05, 0.1) is 0 Å². The lowest BCUT2D eigenvalue weighted by molar-refractivity contribution is -0.221. The summed E-state index contributed by atoms with van der Waals surface area (Å²) in [5, 5.41) is 32.0. The van der Waals surface area contributed by atoms with Crippen LogP contribution in [-0.4, -0.2) is 75.0 Å². The number of amides is 1. The second kappa shape index (κ2) is 4.59. The van der Waals surface area contributed by atoms with Crippen molar-refractivity contribution in [3.8, 4) is 0 Å². The van der Waals surface area contributed by atoms with Crippen LogP contribution < -0.4 is 22.3 Å². The van der Waals surface area contributed by atoms with Crippen LogP contribution in [0.1, 0.15) is 6.42 Å². The van der Waals surface area contributed by atoms with Gasteiger partial charge in [-0.05, 0) is 0 Å². The Morgan fingerprint density at radius 1 is 1.50 bits per heavy atom. The minimum absolute atomic E-state index is 0.00545. The molecule has 0 aromatic heterocycles. The summed E-state index contributed by atoms with van der Waals surface area (Å²) in [5.74, 6) is -2.09. The molecule has 1 spiro atoms. The minimum Gasteiger partial charge on any atom is -0.446 e. The summed E-state index contributed by atoms with van der Waals surface area (Å²) in [4.78, 5) is 20.8. The van der Waals surface area contributed by atoms with Crippen molar-refractivity contribution in [1.82, 2.24) is 15.7 Å². The number of carbonyl (C=O) groups is 1. The Hall–Kier alpha value is -2.31. The first kappa shape index (κ1) is 14.6. The monoisotopic (exact) mass is 315 g/mol. The van der Waals surface area contributed by atoms with Crippen molar-refractivity contribution < 1.29 is 25.0 Å². The number of hydrogen-bond acceptors (Lipinski definition) is 11. The van der Waals surface area contributed by atoms with Crippen molar-refractivity contribution >= 4 is 18.0 Å². The number of guanidine groups is 2. The zero-order valence-corrected chi connectivity index (χ0v) is 11.4. The fourth-order valence-corrected chi connectivity index (χ4v) is 3.25. The van der Waals surface area contributed by atoms with Crippen molar-refractivity contribution in [2.75, 3.05) is 13.2 Å². The van der Waals surface area contributed by atoms with Crippen LogP contribution >= 0.6 is 0 Å². The number of nitrogens with zero attached hydrogens (tertiary/aromatic N) is 3. The highest BCUT2D eigenvalue weighted by atomic mass is 16.6. The molecular weight excluding hydrogens is 298 g/mol. The molecule has 0 aromatic rings. The third-order valence-corrected chi connectivity index (χ3v) is 4.16. The van der Waals surface area contributed by atoms with Crippen LogP contribution in [-0.2, 0) is 4.74 Å². The van der Waals surface area contributed by atoms with Gasteiger partial charge in [-0.3, -0.25) is 5.21 Å². The second-order valence-corrected chi connectivity index (χ2v) is 5.33. The molecule has 3 aliphatic rings. The number of hydrogen-bond donors (Lipinski definition) is 7. The van der Waals surface area contributed by atoms with E-state index in [1.807, 2.05) is 0 Å². The maximum atomic E-state index is 11.0. The van der Waals surface area contributed by atoms with E-state index in [0.717, 1.165) is 0 Å². The van der Waals surface area contributed by atoms with Crippen molar-refractivity contribution in [3.63, 3.8) is 0 Å². The first-order valence-electron chi connectivity index (χ1n) is 6.56. The molecule has 0 aromatic carbocycles. The number of aliphatic imine (C=N–C) groups is 2. The Morgan fingerprint density at radius 3 is 2.91 bits per heavy atom. The van der Waals surface area contributed by atoms with Crippen molar-refractivity contribution in [3.05, 3.63) is 0 Å². The van der Waals surface area contributed by atoms with Gasteiger partial charge >= 0.3 is 6.09 Å². The maximum absolute atomic E-state index is 11.0. The molecule has 0 saturated carbocycles. The van der Waals surface area contributed by atoms with E-state index >= 15 is 0 Å². The normalized spacial score (nSPS) is 35.0. The summed E-state index contributed by atoms with van der Waals surface area (Å²) in [6, 6.07) is -1.62. The van der Waals surface area contributed by atoms with Crippen LogP contribution in [0, 0.1) is 0 Å². The molecule has 3 atom stereocenters. The lowest BCUT2D eigenvalue weighted by atomic mass is 9.87. The Kier molecular flexibility index (Phi) is 3.05. The Labute approximate surface area is 124 Å². The fourth-order valence-electron chi connectivity index (χ4n) is 3.25. The largest absolute Gasteiger partial charge is 0.446 e. The number of hydroxylamine groups is 1. The quantitative estimate of drug-likeness (QED) is 0.152. The summed E-state index contributed by atoms with van der Waals surface area (Å²) in [7, 11) is 0. The van der Waals surface area contributed by atoms with Gasteiger partial charge in [0, 0.05) is 13.0 Å². The van der Waals surface area contributed by atoms with Gasteiger partial charge in [-0.25, -0.2) is 20.3 Å². The zero-order chi connectivity index (χ0) is 16.1. The van der Waals surface area contributed by atoms with Gasteiger partial charge in [-0.15, -0.1) is 0 Å². The summed E-state index contributed by atoms with van der Waals surface area (Å²) in [6.45, 7) is -0.0266. The van der Waals surface area contributed by atoms with Crippen molar-refractivity contribution in [2.24, 2.45) is 21.5 Å². The number of carbonyl (C=O) groups excluding carboxylic acids is 1. The molecule has 1 saturated heterocycles. The fraction of sp³-hybridized carbons (Fsp3) is 0.700. The number of nitrogens with two attached hydrogens (primary N) is 2. The number of rotatable bonds is 2. The van der Waals surface area contributed by atoms with Gasteiger partial charge in [0.2, 0.25) is 5.79 Å². The van der Waals surface area contributed by atoms with Gasteiger partial charge < -0.3 is 36.6 Å². The van der Waals surface area contributed by atoms with Gasteiger partial charge in [-0.1, -0.05) is 0 Å². The SMILES string of the molecule is NC1=N[C@H]2[C@H](COC(=O)NO)N=C(N)N3CCC(O)(O)[C@]23N1. The first-order valence-corrected chi connectivity index (χ1v) is 6.56. The van der Waals surface area contributed by atoms with E-state index in [4.69, 9.17) is 21.4 Å². The zero-order valence-electron chi connectivity index (χ0n) is 11.4. The molecule has 3 rings (SSSR count). The van der Waals surface area contributed by atoms with E-state index < -0.39 is 29.6 Å². The summed E-state index contributed by atoms with van der Waals surface area (Å²) < 4.78 is 4.75. The third kappa shape index (κ3) is 1.77. The molecule has 0 radical (unpaired) electrons. The van der Waals surface area contributed by atoms with E-state index in [0.29, 0.717) is 0 Å². The van der Waals surface area contributed by atoms with Crippen LogP contribution in [0.3, 0.4) is 0 Å². The van der Waals surface area contributed by atoms with E-state index in [1.54, 1.807) is 0 Å². The molecule has 0 unspecified atom stereocenters. The van der Waals surface area contributed by atoms with Gasteiger partial charge in [0.15, 0.2) is 17.6 Å². The van der Waals surface area contributed by atoms with Crippen LogP contribution in [0.2, 0.25) is 0 Å². The smallest absolute Gasteiger partial charge is 0.431 e. The van der Waals surface area contributed by atoms with E-state index in [2.05, 4.69) is 15.3 Å². The predicted molar refractivity (Wildman–Crippen MR) is 71.4 cm³/mol. The highest BCUT2D eigenvalue weighted by Gasteiger charge is 2.69. The average Bonchev–Trinajstić information content (AvgIpc) is 2.94. The molecule has 1 fully saturated rings. The standard InChI is InChI=1S/C10H17N7O5/c11-6-14-5-4(3-22-8(18)16-21)13-7(12)17-2-1-9(19,20)10(5,17)15-6/h4-5,19-21H,1-3H2,(H2,12,13)(H,16,18)(H3,11,14,15)/t4-,5-,10-/m0/s1. The lowest BCUT2D eigenvalue weighted by Crippen LogP contribution is -2.76. The van der Waals surface area contributed by atoms with Gasteiger partial charge in [0.25, 0.3) is 0 Å². The Balaban J connectivity index is 1.95. The topological polar surface area (TPSA) is 191 Å². The van der Waals surface area contributed by atoms with Crippen LogP contribution in [0.25, 0.3) is 0 Å². The highest BCUT2D eigenvalue weighted by Crippen LogP contribution is 2.44. The number of ether oxygens (including phenoxy) is 1. The predicted octanol–water partition coefficient (Wildman–Crippen LogP) is -3.83. The van der Waals surface area contributed by atoms with Gasteiger partial charge in [-0.2, -0.15) is 0 Å². The van der Waals surface area contributed by atoms with Gasteiger partial charge in [0.1, 0.15) is 18.7 Å². The second-order valence-electron chi connectivity index (χ2n) is 5.33. The molecule has 122 valence electrons. The third-order valence-electron chi connectivity index (χ3n) is 4.16. The van der Waals surface area contributed by atoms with E-state index in [-0.39, 0.29) is 31.5 Å². The summed E-state index contributed by atoms with van der Waals surface area (Å²) >= 11 is 0. The first-order chi connectivity index (χ1) is 10.3. The molecule has 0 aliphatic carbocycles. The molecule has 3 aliphatic heterocycles. The molecule has 0 bridgehead atoms. The van der Waals surface area contributed by atoms with E-state index in [9.17, 15) is 15.0 Å². The maximum Gasteiger partial charge on any atom is 0.431 e. The molecule has 12 nitrogen and oxygen atoms in total. The summed E-state index contributed by atoms with van der Waals surface area (Å²) in [5.41, 5.74) is 11.4. The highest BCUT2D eigenvalue weighted by molar-refractivity contribution is 5.87. The molecule has 3 heterocycles. The molecular formula is C10H17N7O5. The Morgan fingerprint density at radius 2 is 2.23 bits per heavy atom. The van der Waals surface area contributed by atoms with Crippen molar-refractivity contribution in [2.45, 2.75) is 30.0 Å². The van der Waals surface area contributed by atoms with Crippen LogP contribution in [0.5, 0.6) is 0 Å². The number of nitrogens with one attached hydrogen (secondary N) is 2.